The SMILES string of the molecule is C=C(N)/N=C(C)\C(C)=C/C. The maximum atomic E-state index is 5.28. The van der Waals surface area contributed by atoms with E-state index in [2.05, 4.69) is 11.6 Å². The van der Waals surface area contributed by atoms with Crippen LogP contribution < -0.4 is 5.73 Å². The fourth-order valence-corrected chi connectivity index (χ4v) is 0.512. The van der Waals surface area contributed by atoms with Crippen molar-refractivity contribution in [1.29, 1.82) is 0 Å². The highest BCUT2D eigenvalue weighted by Crippen LogP contribution is 1.97. The van der Waals surface area contributed by atoms with Crippen molar-refractivity contribution in [3.8, 4) is 0 Å². The molecule has 0 radical (unpaired) electrons. The van der Waals surface area contributed by atoms with Crippen molar-refractivity contribution in [3.63, 3.8) is 0 Å². The van der Waals surface area contributed by atoms with Gasteiger partial charge in [-0.1, -0.05) is 12.7 Å². The Balaban J connectivity index is 4.35. The van der Waals surface area contributed by atoms with Crippen LogP contribution in [0.1, 0.15) is 20.8 Å². The standard InChI is InChI=1S/C8H14N2/c1-5-6(2)7(3)10-8(4)9/h5H,4,9H2,1-3H3/b6-5-,10-7-. The molecule has 56 valence electrons. The van der Waals surface area contributed by atoms with Crippen LogP contribution in [0.5, 0.6) is 0 Å². The lowest BCUT2D eigenvalue weighted by atomic mass is 10.2. The van der Waals surface area contributed by atoms with Gasteiger partial charge in [-0.05, 0) is 26.3 Å². The molecule has 0 aromatic heterocycles. The molecule has 0 fully saturated rings. The number of hydrogen-bond donors (Lipinski definition) is 1. The van der Waals surface area contributed by atoms with E-state index in [1.807, 2.05) is 26.8 Å². The molecule has 0 atom stereocenters. The third kappa shape index (κ3) is 3.07. The molecule has 0 aliphatic carbocycles. The van der Waals surface area contributed by atoms with E-state index in [4.69, 9.17) is 5.73 Å². The van der Waals surface area contributed by atoms with E-state index < -0.39 is 0 Å². The molecule has 0 aromatic rings. The van der Waals surface area contributed by atoms with Crippen LogP contribution in [0.15, 0.2) is 29.0 Å². The van der Waals surface area contributed by atoms with Gasteiger partial charge in [0.1, 0.15) is 5.82 Å². The smallest absolute Gasteiger partial charge is 0.116 e. The van der Waals surface area contributed by atoms with Crippen molar-refractivity contribution in [2.24, 2.45) is 10.7 Å². The molecule has 0 amide bonds. The molecule has 0 saturated heterocycles. The van der Waals surface area contributed by atoms with E-state index in [1.54, 1.807) is 0 Å². The van der Waals surface area contributed by atoms with Gasteiger partial charge in [-0.3, -0.25) is 0 Å². The first kappa shape index (κ1) is 8.95. The average molecular weight is 138 g/mol. The summed E-state index contributed by atoms with van der Waals surface area (Å²) in [6.45, 7) is 9.34. The summed E-state index contributed by atoms with van der Waals surface area (Å²) in [5.74, 6) is 0.360. The Hall–Kier alpha value is -1.05. The summed E-state index contributed by atoms with van der Waals surface area (Å²) in [6.07, 6.45) is 1.99. The lowest BCUT2D eigenvalue weighted by Crippen LogP contribution is -1.98. The first-order valence-electron chi connectivity index (χ1n) is 3.21. The highest BCUT2D eigenvalue weighted by Gasteiger charge is 1.90. The summed E-state index contributed by atoms with van der Waals surface area (Å²) in [5, 5.41) is 0. The quantitative estimate of drug-likeness (QED) is 0.581. The van der Waals surface area contributed by atoms with Gasteiger partial charge in [0.05, 0.1) is 0 Å². The normalized spacial score (nSPS) is 13.5. The van der Waals surface area contributed by atoms with Crippen LogP contribution in [0.4, 0.5) is 0 Å². The lowest BCUT2D eigenvalue weighted by molar-refractivity contribution is 1.25. The molecule has 0 rings (SSSR count). The van der Waals surface area contributed by atoms with Crippen LogP contribution in [0.2, 0.25) is 0 Å². The summed E-state index contributed by atoms with van der Waals surface area (Å²) in [6, 6.07) is 0. The van der Waals surface area contributed by atoms with E-state index >= 15 is 0 Å². The van der Waals surface area contributed by atoms with Crippen LogP contribution in [0.3, 0.4) is 0 Å². The summed E-state index contributed by atoms with van der Waals surface area (Å²) in [5.41, 5.74) is 7.33. The van der Waals surface area contributed by atoms with Gasteiger partial charge in [-0.15, -0.1) is 0 Å². The molecule has 0 saturated carbocycles. The van der Waals surface area contributed by atoms with E-state index in [9.17, 15) is 0 Å². The van der Waals surface area contributed by atoms with Crippen molar-refractivity contribution < 1.29 is 0 Å². The predicted octanol–water partition coefficient (Wildman–Crippen LogP) is 1.84. The molecule has 2 nitrogen and oxygen atoms in total. The number of nitrogens with two attached hydrogens (primary N) is 1. The minimum atomic E-state index is 0.360. The minimum absolute atomic E-state index is 0.360. The molecule has 0 aromatic carbocycles. The summed E-state index contributed by atoms with van der Waals surface area (Å²) < 4.78 is 0. The van der Waals surface area contributed by atoms with Gasteiger partial charge in [0.25, 0.3) is 0 Å². The zero-order valence-electron chi connectivity index (χ0n) is 6.81. The minimum Gasteiger partial charge on any atom is -0.384 e. The highest BCUT2D eigenvalue weighted by molar-refractivity contribution is 5.98. The van der Waals surface area contributed by atoms with Gasteiger partial charge in [-0.25, -0.2) is 4.99 Å². The molecule has 2 N–H and O–H groups in total. The Morgan fingerprint density at radius 1 is 1.50 bits per heavy atom. The maximum Gasteiger partial charge on any atom is 0.116 e. The van der Waals surface area contributed by atoms with Crippen molar-refractivity contribution in [1.82, 2.24) is 0 Å². The first-order valence-corrected chi connectivity index (χ1v) is 3.21. The third-order valence-electron chi connectivity index (χ3n) is 1.32. The molecular weight excluding hydrogens is 124 g/mol. The Kier molecular flexibility index (Phi) is 3.47. The van der Waals surface area contributed by atoms with Gasteiger partial charge < -0.3 is 5.73 Å². The van der Waals surface area contributed by atoms with Gasteiger partial charge in [-0.2, -0.15) is 0 Å². The lowest BCUT2D eigenvalue weighted by Gasteiger charge is -1.97. The monoisotopic (exact) mass is 138 g/mol. The van der Waals surface area contributed by atoms with Crippen LogP contribution in [-0.4, -0.2) is 5.71 Å². The summed E-state index contributed by atoms with van der Waals surface area (Å²) in [4.78, 5) is 3.98. The van der Waals surface area contributed by atoms with Crippen molar-refractivity contribution >= 4 is 5.71 Å². The zero-order chi connectivity index (χ0) is 8.15. The number of aliphatic imine (C=N–C) groups is 1. The Bertz CT molecular complexity index is 187. The molecule has 0 bridgehead atoms. The van der Waals surface area contributed by atoms with Gasteiger partial charge in [0.15, 0.2) is 0 Å². The summed E-state index contributed by atoms with van der Waals surface area (Å²) in [7, 11) is 0. The molecule has 0 spiro atoms. The van der Waals surface area contributed by atoms with Crippen LogP contribution in [0.25, 0.3) is 0 Å². The summed E-state index contributed by atoms with van der Waals surface area (Å²) >= 11 is 0. The molecule has 0 aliphatic rings. The average Bonchev–Trinajstić information content (AvgIpc) is 1.85. The van der Waals surface area contributed by atoms with Crippen molar-refractivity contribution in [2.75, 3.05) is 0 Å². The number of hydrogen-bond acceptors (Lipinski definition) is 2. The second-order valence-corrected chi connectivity index (χ2v) is 2.16. The molecule has 0 heterocycles. The van der Waals surface area contributed by atoms with E-state index in [-0.39, 0.29) is 0 Å². The van der Waals surface area contributed by atoms with Gasteiger partial charge >= 0.3 is 0 Å². The van der Waals surface area contributed by atoms with Gasteiger partial charge in [0.2, 0.25) is 0 Å². The van der Waals surface area contributed by atoms with Crippen LogP contribution in [-0.2, 0) is 0 Å². The van der Waals surface area contributed by atoms with E-state index in [0.717, 1.165) is 11.3 Å². The third-order valence-corrected chi connectivity index (χ3v) is 1.32. The topological polar surface area (TPSA) is 38.4 Å². The second kappa shape index (κ2) is 3.88. The number of rotatable bonds is 2. The Labute approximate surface area is 62.1 Å². The van der Waals surface area contributed by atoms with Crippen molar-refractivity contribution in [3.05, 3.63) is 24.0 Å². The molecule has 0 aliphatic heterocycles. The van der Waals surface area contributed by atoms with E-state index in [1.165, 1.54) is 0 Å². The Morgan fingerprint density at radius 2 is 2.00 bits per heavy atom. The predicted molar refractivity (Wildman–Crippen MR) is 45.9 cm³/mol. The van der Waals surface area contributed by atoms with Crippen LogP contribution >= 0.6 is 0 Å². The zero-order valence-corrected chi connectivity index (χ0v) is 6.81. The van der Waals surface area contributed by atoms with Crippen molar-refractivity contribution in [2.45, 2.75) is 20.8 Å². The molecule has 0 unspecified atom stereocenters. The second-order valence-electron chi connectivity index (χ2n) is 2.16. The van der Waals surface area contributed by atoms with E-state index in [0.29, 0.717) is 5.82 Å². The maximum absolute atomic E-state index is 5.28. The van der Waals surface area contributed by atoms with Crippen LogP contribution in [0, 0.1) is 0 Å². The highest BCUT2D eigenvalue weighted by atomic mass is 14.9. The fraction of sp³-hybridized carbons (Fsp3) is 0.375. The number of nitrogens with zero attached hydrogens (tertiary/aromatic N) is 1. The molecular formula is C8H14N2. The molecule has 10 heavy (non-hydrogen) atoms. The molecule has 2 heteroatoms. The number of allylic oxidation sites excluding steroid dienone is 2. The Morgan fingerprint density at radius 3 is 2.30 bits per heavy atom. The first-order chi connectivity index (χ1) is 4.57. The van der Waals surface area contributed by atoms with Gasteiger partial charge in [0, 0.05) is 5.71 Å². The fourth-order valence-electron chi connectivity index (χ4n) is 0.512. The largest absolute Gasteiger partial charge is 0.384 e.